The third kappa shape index (κ3) is 4.84. The molecule has 1 aromatic rings. The zero-order valence-corrected chi connectivity index (χ0v) is 11.5. The van der Waals surface area contributed by atoms with Gasteiger partial charge in [0.05, 0.1) is 18.6 Å². The van der Waals surface area contributed by atoms with E-state index < -0.39 is 22.0 Å². The monoisotopic (exact) mass is 302 g/mol. The van der Waals surface area contributed by atoms with E-state index in [0.29, 0.717) is 0 Å². The Bertz CT molecular complexity index is 599. The number of anilines is 1. The molecule has 2 N–H and O–H groups in total. The van der Waals surface area contributed by atoms with Crippen LogP contribution in [0.15, 0.2) is 18.3 Å². The number of ether oxygens (including phenoxy) is 1. The molecule has 0 unspecified atom stereocenters. The van der Waals surface area contributed by atoms with Gasteiger partial charge in [0, 0.05) is 12.6 Å². The molecule has 0 radical (unpaired) electrons. The van der Waals surface area contributed by atoms with E-state index >= 15 is 0 Å². The van der Waals surface area contributed by atoms with Crippen LogP contribution in [0.4, 0.5) is 5.69 Å². The molecular weight excluding hydrogens is 288 g/mol. The van der Waals surface area contributed by atoms with Crippen LogP contribution in [-0.2, 0) is 19.6 Å². The van der Waals surface area contributed by atoms with E-state index in [2.05, 4.69) is 14.4 Å². The highest BCUT2D eigenvalue weighted by molar-refractivity contribution is 7.92. The number of carbonyl (C=O) groups excluding carboxylic acids is 1. The van der Waals surface area contributed by atoms with Crippen LogP contribution in [-0.4, -0.2) is 43.3 Å². The van der Waals surface area contributed by atoms with Crippen LogP contribution in [0.2, 0.25) is 0 Å². The summed E-state index contributed by atoms with van der Waals surface area (Å²) in [5.74, 6) is -2.17. The SMILES string of the molecule is COC(=O)CCCS(=O)(=O)Nc1cccnc1C(=O)O. The number of carboxylic acid groups (broad SMARTS) is 1. The van der Waals surface area contributed by atoms with Gasteiger partial charge < -0.3 is 9.84 Å². The highest BCUT2D eigenvalue weighted by Crippen LogP contribution is 2.14. The average Bonchev–Trinajstić information content (AvgIpc) is 2.38. The molecule has 0 atom stereocenters. The topological polar surface area (TPSA) is 123 Å². The van der Waals surface area contributed by atoms with Crippen molar-refractivity contribution < 1.29 is 27.9 Å². The van der Waals surface area contributed by atoms with Gasteiger partial charge in [-0.05, 0) is 18.6 Å². The Balaban J connectivity index is 2.72. The maximum absolute atomic E-state index is 11.8. The summed E-state index contributed by atoms with van der Waals surface area (Å²) in [4.78, 5) is 25.3. The Labute approximate surface area is 115 Å². The van der Waals surface area contributed by atoms with Gasteiger partial charge in [0.15, 0.2) is 5.69 Å². The smallest absolute Gasteiger partial charge is 0.356 e. The van der Waals surface area contributed by atoms with Gasteiger partial charge in [0.25, 0.3) is 0 Å². The number of pyridine rings is 1. The molecule has 110 valence electrons. The fourth-order valence-corrected chi connectivity index (χ4v) is 2.51. The molecule has 0 saturated carbocycles. The molecule has 0 spiro atoms. The second kappa shape index (κ2) is 6.85. The molecule has 0 amide bonds. The first kappa shape index (κ1) is 15.9. The fraction of sp³-hybridized carbons (Fsp3) is 0.364. The lowest BCUT2D eigenvalue weighted by molar-refractivity contribution is -0.140. The zero-order chi connectivity index (χ0) is 15.2. The van der Waals surface area contributed by atoms with Crippen molar-refractivity contribution in [1.82, 2.24) is 4.98 Å². The van der Waals surface area contributed by atoms with E-state index in [1.165, 1.54) is 25.4 Å². The van der Waals surface area contributed by atoms with Gasteiger partial charge in [-0.2, -0.15) is 0 Å². The quantitative estimate of drug-likeness (QED) is 0.702. The van der Waals surface area contributed by atoms with Crippen molar-refractivity contribution in [3.8, 4) is 0 Å². The number of carbonyl (C=O) groups is 2. The molecule has 0 aliphatic heterocycles. The predicted octanol–water partition coefficient (Wildman–Crippen LogP) is 0.475. The summed E-state index contributed by atoms with van der Waals surface area (Å²) in [6.07, 6.45) is 1.29. The van der Waals surface area contributed by atoms with Gasteiger partial charge in [0.1, 0.15) is 0 Å². The summed E-state index contributed by atoms with van der Waals surface area (Å²) in [5.41, 5.74) is -0.498. The molecule has 1 rings (SSSR count). The Hall–Kier alpha value is -2.16. The van der Waals surface area contributed by atoms with E-state index in [1.54, 1.807) is 0 Å². The minimum atomic E-state index is -3.76. The Morgan fingerprint density at radius 1 is 1.45 bits per heavy atom. The van der Waals surface area contributed by atoms with Gasteiger partial charge in [-0.15, -0.1) is 0 Å². The van der Waals surface area contributed by atoms with Crippen LogP contribution in [0.1, 0.15) is 23.3 Å². The number of rotatable bonds is 7. The third-order valence-corrected chi connectivity index (χ3v) is 3.65. The number of nitrogens with zero attached hydrogens (tertiary/aromatic N) is 1. The number of carboxylic acids is 1. The molecule has 20 heavy (non-hydrogen) atoms. The van der Waals surface area contributed by atoms with Crippen molar-refractivity contribution in [2.45, 2.75) is 12.8 Å². The molecule has 0 fully saturated rings. The molecule has 9 heteroatoms. The highest BCUT2D eigenvalue weighted by Gasteiger charge is 2.17. The molecule has 0 bridgehead atoms. The summed E-state index contributed by atoms with van der Waals surface area (Å²) in [6, 6.07) is 2.72. The molecule has 1 heterocycles. The largest absolute Gasteiger partial charge is 0.476 e. The Kier molecular flexibility index (Phi) is 5.44. The first-order valence-electron chi connectivity index (χ1n) is 5.61. The second-order valence-electron chi connectivity index (χ2n) is 3.81. The summed E-state index contributed by atoms with van der Waals surface area (Å²) < 4.78 is 30.0. The van der Waals surface area contributed by atoms with Crippen molar-refractivity contribution >= 4 is 27.6 Å². The lowest BCUT2D eigenvalue weighted by Gasteiger charge is -2.09. The van der Waals surface area contributed by atoms with Gasteiger partial charge in [-0.25, -0.2) is 18.2 Å². The number of aromatic nitrogens is 1. The highest BCUT2D eigenvalue weighted by atomic mass is 32.2. The van der Waals surface area contributed by atoms with Crippen LogP contribution in [0, 0.1) is 0 Å². The van der Waals surface area contributed by atoms with E-state index in [0.717, 1.165) is 0 Å². The Morgan fingerprint density at radius 3 is 2.75 bits per heavy atom. The van der Waals surface area contributed by atoms with Gasteiger partial charge in [0.2, 0.25) is 10.0 Å². The van der Waals surface area contributed by atoms with Crippen molar-refractivity contribution in [2.75, 3.05) is 17.6 Å². The second-order valence-corrected chi connectivity index (χ2v) is 5.65. The predicted molar refractivity (Wildman–Crippen MR) is 69.9 cm³/mol. The van der Waals surface area contributed by atoms with Crippen LogP contribution >= 0.6 is 0 Å². The van der Waals surface area contributed by atoms with Gasteiger partial charge >= 0.3 is 11.9 Å². The minimum absolute atomic E-state index is 0.0315. The molecule has 8 nitrogen and oxygen atoms in total. The van der Waals surface area contributed by atoms with Crippen molar-refractivity contribution in [1.29, 1.82) is 0 Å². The summed E-state index contributed by atoms with van der Waals surface area (Å²) in [5, 5.41) is 8.88. The first-order chi connectivity index (χ1) is 9.35. The molecule has 0 saturated heterocycles. The number of esters is 1. The number of hydrogen-bond donors (Lipinski definition) is 2. The molecule has 0 aliphatic rings. The third-order valence-electron chi connectivity index (χ3n) is 2.30. The van der Waals surface area contributed by atoms with Crippen LogP contribution in [0.5, 0.6) is 0 Å². The molecule has 0 aromatic carbocycles. The average molecular weight is 302 g/mol. The van der Waals surface area contributed by atoms with E-state index in [-0.39, 0.29) is 30.0 Å². The van der Waals surface area contributed by atoms with E-state index in [1.807, 2.05) is 0 Å². The number of methoxy groups -OCH3 is 1. The standard InChI is InChI=1S/C11H14N2O6S/c1-19-9(14)5-3-7-20(17,18)13-8-4-2-6-12-10(8)11(15)16/h2,4,6,13H,3,5,7H2,1H3,(H,15,16). The number of sulfonamides is 1. The minimum Gasteiger partial charge on any atom is -0.476 e. The van der Waals surface area contributed by atoms with Gasteiger partial charge in [-0.1, -0.05) is 0 Å². The van der Waals surface area contributed by atoms with Crippen molar-refractivity contribution in [3.63, 3.8) is 0 Å². The van der Waals surface area contributed by atoms with Crippen LogP contribution in [0.3, 0.4) is 0 Å². The van der Waals surface area contributed by atoms with Crippen molar-refractivity contribution in [2.24, 2.45) is 0 Å². The van der Waals surface area contributed by atoms with E-state index in [9.17, 15) is 18.0 Å². The Morgan fingerprint density at radius 2 is 2.15 bits per heavy atom. The summed E-state index contributed by atoms with van der Waals surface area (Å²) in [6.45, 7) is 0. The lowest BCUT2D eigenvalue weighted by atomic mass is 10.3. The maximum Gasteiger partial charge on any atom is 0.356 e. The van der Waals surface area contributed by atoms with Crippen molar-refractivity contribution in [3.05, 3.63) is 24.0 Å². The first-order valence-corrected chi connectivity index (χ1v) is 7.26. The number of aromatic carboxylic acids is 1. The zero-order valence-electron chi connectivity index (χ0n) is 10.7. The molecule has 0 aliphatic carbocycles. The fourth-order valence-electron chi connectivity index (χ4n) is 1.39. The van der Waals surface area contributed by atoms with Crippen LogP contribution in [0.25, 0.3) is 0 Å². The number of hydrogen-bond acceptors (Lipinski definition) is 6. The summed E-state index contributed by atoms with van der Waals surface area (Å²) >= 11 is 0. The molecule has 1 aromatic heterocycles. The lowest BCUT2D eigenvalue weighted by Crippen LogP contribution is -2.19. The number of nitrogens with one attached hydrogen (secondary N) is 1. The summed E-state index contributed by atoms with van der Waals surface area (Å²) in [7, 11) is -2.54. The van der Waals surface area contributed by atoms with E-state index in [4.69, 9.17) is 5.11 Å². The normalized spacial score (nSPS) is 10.8. The van der Waals surface area contributed by atoms with Gasteiger partial charge in [-0.3, -0.25) is 9.52 Å². The molecular formula is C11H14N2O6S. The van der Waals surface area contributed by atoms with Crippen LogP contribution < -0.4 is 4.72 Å². The maximum atomic E-state index is 11.8.